The van der Waals surface area contributed by atoms with Crippen LogP contribution < -0.4 is 11.1 Å². The third kappa shape index (κ3) is 3.19. The molecule has 3 N–H and O–H groups in total. The molecule has 1 saturated carbocycles. The molecule has 0 bridgehead atoms. The fourth-order valence-corrected chi connectivity index (χ4v) is 2.45. The first-order chi connectivity index (χ1) is 8.31. The van der Waals surface area contributed by atoms with Crippen LogP contribution in [0.5, 0.6) is 0 Å². The van der Waals surface area contributed by atoms with Gasteiger partial charge in [-0.3, -0.25) is 0 Å². The van der Waals surface area contributed by atoms with E-state index in [0.29, 0.717) is 6.04 Å². The summed E-state index contributed by atoms with van der Waals surface area (Å²) in [5.74, 6) is 1.01. The molecule has 1 fully saturated rings. The van der Waals surface area contributed by atoms with Crippen molar-refractivity contribution in [2.24, 2.45) is 5.73 Å². The van der Waals surface area contributed by atoms with E-state index in [1.165, 1.54) is 19.3 Å². The number of hydrogen-bond donors (Lipinski definition) is 2. The highest BCUT2D eigenvalue weighted by atomic mass is 15.5. The van der Waals surface area contributed by atoms with Crippen LogP contribution in [0.25, 0.3) is 0 Å². The quantitative estimate of drug-likeness (QED) is 0.783. The molecule has 0 amide bonds. The molecule has 1 aromatic heterocycles. The summed E-state index contributed by atoms with van der Waals surface area (Å²) in [5.41, 5.74) is 6.21. The van der Waals surface area contributed by atoms with Gasteiger partial charge in [0.1, 0.15) is 5.82 Å². The van der Waals surface area contributed by atoms with E-state index in [2.05, 4.69) is 22.6 Å². The maximum absolute atomic E-state index is 6.21. The van der Waals surface area contributed by atoms with Crippen LogP contribution in [-0.4, -0.2) is 27.1 Å². The normalized spacial score (nSPS) is 25.5. The SMILES string of the molecule is CCCn1nncc1NC1CCCCCC1N. The summed E-state index contributed by atoms with van der Waals surface area (Å²) in [7, 11) is 0. The minimum absolute atomic E-state index is 0.252. The van der Waals surface area contributed by atoms with Crippen LogP contribution >= 0.6 is 0 Å². The first kappa shape index (κ1) is 12.4. The van der Waals surface area contributed by atoms with Gasteiger partial charge in [0, 0.05) is 18.6 Å². The smallest absolute Gasteiger partial charge is 0.145 e. The number of rotatable bonds is 4. The molecule has 1 heterocycles. The van der Waals surface area contributed by atoms with Crippen LogP contribution in [0.2, 0.25) is 0 Å². The van der Waals surface area contributed by atoms with Gasteiger partial charge in [-0.25, -0.2) is 4.68 Å². The molecular formula is C12H23N5. The summed E-state index contributed by atoms with van der Waals surface area (Å²) in [6.45, 7) is 3.05. The van der Waals surface area contributed by atoms with Gasteiger partial charge >= 0.3 is 0 Å². The van der Waals surface area contributed by atoms with E-state index in [9.17, 15) is 0 Å². The summed E-state index contributed by atoms with van der Waals surface area (Å²) < 4.78 is 1.93. The Morgan fingerprint density at radius 3 is 3.06 bits per heavy atom. The Morgan fingerprint density at radius 1 is 1.41 bits per heavy atom. The molecule has 0 aliphatic heterocycles. The molecule has 17 heavy (non-hydrogen) atoms. The van der Waals surface area contributed by atoms with Gasteiger partial charge in [0.25, 0.3) is 0 Å². The first-order valence-corrected chi connectivity index (χ1v) is 6.72. The largest absolute Gasteiger partial charge is 0.365 e. The van der Waals surface area contributed by atoms with Crippen LogP contribution in [0.3, 0.4) is 0 Å². The number of nitrogens with zero attached hydrogens (tertiary/aromatic N) is 3. The lowest BCUT2D eigenvalue weighted by molar-refractivity contribution is 0.516. The third-order valence-corrected chi connectivity index (χ3v) is 3.46. The van der Waals surface area contributed by atoms with Gasteiger partial charge in [0.2, 0.25) is 0 Å². The standard InChI is InChI=1S/C12H23N5/c1-2-8-17-12(9-14-16-17)15-11-7-5-3-4-6-10(11)13/h9-11,15H,2-8,13H2,1H3. The molecule has 1 aliphatic carbocycles. The van der Waals surface area contributed by atoms with Crippen molar-refractivity contribution >= 4 is 5.82 Å². The van der Waals surface area contributed by atoms with Gasteiger partial charge in [0.05, 0.1) is 6.20 Å². The van der Waals surface area contributed by atoms with Crippen molar-refractivity contribution in [3.05, 3.63) is 6.20 Å². The lowest BCUT2D eigenvalue weighted by Crippen LogP contribution is -2.39. The van der Waals surface area contributed by atoms with Crippen LogP contribution in [0.4, 0.5) is 5.82 Å². The topological polar surface area (TPSA) is 68.8 Å². The average Bonchev–Trinajstić information content (AvgIpc) is 2.64. The lowest BCUT2D eigenvalue weighted by Gasteiger charge is -2.23. The molecular weight excluding hydrogens is 214 g/mol. The fourth-order valence-electron chi connectivity index (χ4n) is 2.45. The van der Waals surface area contributed by atoms with Crippen LogP contribution in [-0.2, 0) is 6.54 Å². The first-order valence-electron chi connectivity index (χ1n) is 6.72. The summed E-state index contributed by atoms with van der Waals surface area (Å²) in [6.07, 6.45) is 8.96. The number of aromatic nitrogens is 3. The maximum atomic E-state index is 6.21. The molecule has 2 unspecified atom stereocenters. The minimum atomic E-state index is 0.252. The number of hydrogen-bond acceptors (Lipinski definition) is 4. The van der Waals surface area contributed by atoms with Gasteiger partial charge in [-0.05, 0) is 19.3 Å². The van der Waals surface area contributed by atoms with Crippen molar-refractivity contribution in [1.82, 2.24) is 15.0 Å². The summed E-state index contributed by atoms with van der Waals surface area (Å²) >= 11 is 0. The van der Waals surface area contributed by atoms with Gasteiger partial charge in [-0.15, -0.1) is 5.10 Å². The summed E-state index contributed by atoms with van der Waals surface area (Å²) in [5, 5.41) is 11.6. The minimum Gasteiger partial charge on any atom is -0.365 e. The van der Waals surface area contributed by atoms with E-state index in [4.69, 9.17) is 5.73 Å². The van der Waals surface area contributed by atoms with Gasteiger partial charge in [-0.1, -0.05) is 31.4 Å². The molecule has 0 spiro atoms. The Labute approximate surface area is 103 Å². The molecule has 0 saturated heterocycles. The van der Waals surface area contributed by atoms with Gasteiger partial charge < -0.3 is 11.1 Å². The second-order valence-corrected chi connectivity index (χ2v) is 4.90. The Balaban J connectivity index is 2.00. The van der Waals surface area contributed by atoms with Crippen molar-refractivity contribution in [3.8, 4) is 0 Å². The highest BCUT2D eigenvalue weighted by molar-refractivity contribution is 5.33. The highest BCUT2D eigenvalue weighted by Crippen LogP contribution is 2.20. The zero-order valence-corrected chi connectivity index (χ0v) is 10.6. The molecule has 0 aromatic carbocycles. The molecule has 96 valence electrons. The number of aryl methyl sites for hydroxylation is 1. The lowest BCUT2D eigenvalue weighted by atomic mass is 10.0. The number of anilines is 1. The predicted octanol–water partition coefficient (Wildman–Crippen LogP) is 1.76. The van der Waals surface area contributed by atoms with Crippen LogP contribution in [0.15, 0.2) is 6.20 Å². The van der Waals surface area contributed by atoms with Gasteiger partial charge in [-0.2, -0.15) is 0 Å². The maximum Gasteiger partial charge on any atom is 0.145 e. The van der Waals surface area contributed by atoms with Crippen molar-refractivity contribution < 1.29 is 0 Å². The molecule has 1 aromatic rings. The monoisotopic (exact) mass is 237 g/mol. The Bertz CT molecular complexity index is 335. The van der Waals surface area contributed by atoms with E-state index in [0.717, 1.165) is 31.6 Å². The van der Waals surface area contributed by atoms with Crippen LogP contribution in [0.1, 0.15) is 45.4 Å². The van der Waals surface area contributed by atoms with E-state index in [1.807, 2.05) is 4.68 Å². The Morgan fingerprint density at radius 2 is 2.24 bits per heavy atom. The molecule has 2 rings (SSSR count). The molecule has 1 aliphatic rings. The molecule has 5 heteroatoms. The van der Waals surface area contributed by atoms with Crippen molar-refractivity contribution in [2.75, 3.05) is 5.32 Å². The Hall–Kier alpha value is -1.10. The highest BCUT2D eigenvalue weighted by Gasteiger charge is 2.21. The van der Waals surface area contributed by atoms with Crippen LogP contribution in [0, 0.1) is 0 Å². The zero-order chi connectivity index (χ0) is 12.1. The number of nitrogens with one attached hydrogen (secondary N) is 1. The summed E-state index contributed by atoms with van der Waals surface area (Å²) in [4.78, 5) is 0. The van der Waals surface area contributed by atoms with Crippen molar-refractivity contribution in [2.45, 2.75) is 64.1 Å². The van der Waals surface area contributed by atoms with E-state index in [1.54, 1.807) is 6.20 Å². The van der Waals surface area contributed by atoms with E-state index >= 15 is 0 Å². The van der Waals surface area contributed by atoms with Gasteiger partial charge in [0.15, 0.2) is 0 Å². The third-order valence-electron chi connectivity index (χ3n) is 3.46. The summed E-state index contributed by atoms with van der Waals surface area (Å²) in [6, 6.07) is 0.620. The fraction of sp³-hybridized carbons (Fsp3) is 0.833. The predicted molar refractivity (Wildman–Crippen MR) is 68.8 cm³/mol. The second-order valence-electron chi connectivity index (χ2n) is 4.90. The van der Waals surface area contributed by atoms with Crippen molar-refractivity contribution in [1.29, 1.82) is 0 Å². The van der Waals surface area contributed by atoms with E-state index < -0.39 is 0 Å². The van der Waals surface area contributed by atoms with E-state index in [-0.39, 0.29) is 6.04 Å². The Kier molecular flexibility index (Phi) is 4.36. The molecule has 5 nitrogen and oxygen atoms in total. The second kappa shape index (κ2) is 6.00. The number of nitrogens with two attached hydrogens (primary N) is 1. The molecule has 0 radical (unpaired) electrons. The zero-order valence-electron chi connectivity index (χ0n) is 10.6. The molecule has 2 atom stereocenters. The average molecular weight is 237 g/mol. The van der Waals surface area contributed by atoms with Crippen molar-refractivity contribution in [3.63, 3.8) is 0 Å².